The quantitative estimate of drug-likeness (QED) is 0.801. The van der Waals surface area contributed by atoms with Crippen LogP contribution in [0.25, 0.3) is 0 Å². The Kier molecular flexibility index (Phi) is 6.43. The van der Waals surface area contributed by atoms with Gasteiger partial charge >= 0.3 is 0 Å². The minimum atomic E-state index is -3.42. The highest BCUT2D eigenvalue weighted by Gasteiger charge is 2.27. The molecule has 21 heavy (non-hydrogen) atoms. The Morgan fingerprint density at radius 3 is 2.38 bits per heavy atom. The highest BCUT2D eigenvalue weighted by atomic mass is 32.2. The van der Waals surface area contributed by atoms with E-state index in [9.17, 15) is 8.42 Å². The van der Waals surface area contributed by atoms with Gasteiger partial charge in [-0.25, -0.2) is 8.42 Å². The molecule has 5 nitrogen and oxygen atoms in total. The molecule has 1 rings (SSSR count). The summed E-state index contributed by atoms with van der Waals surface area (Å²) in [4.78, 5) is 0.382. The second kappa shape index (κ2) is 7.42. The summed E-state index contributed by atoms with van der Waals surface area (Å²) in [5.74, 6) is 0. The van der Waals surface area contributed by atoms with E-state index in [0.29, 0.717) is 24.0 Å². The normalized spacial score (nSPS) is 12.8. The largest absolute Gasteiger partial charge is 0.352 e. The van der Waals surface area contributed by atoms with Crippen molar-refractivity contribution in [3.05, 3.63) is 18.0 Å². The van der Waals surface area contributed by atoms with Gasteiger partial charge in [0.15, 0.2) is 0 Å². The molecule has 1 heterocycles. The molecule has 0 atom stereocenters. The monoisotopic (exact) mass is 315 g/mol. The summed E-state index contributed by atoms with van der Waals surface area (Å²) >= 11 is 0. The molecule has 0 bridgehead atoms. The van der Waals surface area contributed by atoms with Gasteiger partial charge in [-0.15, -0.1) is 0 Å². The smallest absolute Gasteiger partial charge is 0.244 e. The molecule has 0 aromatic carbocycles. The number of rotatable bonds is 8. The first kappa shape index (κ1) is 18.2. The third-order valence-corrected chi connectivity index (χ3v) is 5.44. The second-order valence-corrected chi connectivity index (χ2v) is 7.91. The molecule has 0 aliphatic heterocycles. The van der Waals surface area contributed by atoms with Gasteiger partial charge in [0.1, 0.15) is 4.90 Å². The average Bonchev–Trinajstić information content (AvgIpc) is 2.75. The third-order valence-electron chi connectivity index (χ3n) is 3.40. The molecule has 122 valence electrons. The minimum absolute atomic E-state index is 0.0348. The van der Waals surface area contributed by atoms with E-state index < -0.39 is 10.0 Å². The summed E-state index contributed by atoms with van der Waals surface area (Å²) in [7, 11) is -1.53. The topological polar surface area (TPSA) is 54.3 Å². The van der Waals surface area contributed by atoms with Crippen molar-refractivity contribution in [3.8, 4) is 0 Å². The van der Waals surface area contributed by atoms with Crippen LogP contribution in [0, 0.1) is 0 Å². The van der Waals surface area contributed by atoms with Gasteiger partial charge in [-0.1, -0.05) is 20.8 Å². The van der Waals surface area contributed by atoms with E-state index in [2.05, 4.69) is 19.2 Å². The van der Waals surface area contributed by atoms with Crippen LogP contribution in [0.15, 0.2) is 17.2 Å². The van der Waals surface area contributed by atoms with E-state index in [-0.39, 0.29) is 6.04 Å². The predicted octanol–water partition coefficient (Wildman–Crippen LogP) is 2.33. The van der Waals surface area contributed by atoms with Gasteiger partial charge in [0.25, 0.3) is 0 Å². The van der Waals surface area contributed by atoms with Crippen LogP contribution in [0.3, 0.4) is 0 Å². The van der Waals surface area contributed by atoms with Crippen LogP contribution >= 0.6 is 0 Å². The SMILES string of the molecule is CCCN(C(C)C)S(=O)(=O)c1cc(CNC(C)C)n(C)c1. The first-order valence-electron chi connectivity index (χ1n) is 7.60. The maximum atomic E-state index is 12.8. The van der Waals surface area contributed by atoms with Crippen LogP contribution in [0.4, 0.5) is 0 Å². The minimum Gasteiger partial charge on any atom is -0.352 e. The van der Waals surface area contributed by atoms with Crippen molar-refractivity contribution in [1.29, 1.82) is 0 Å². The van der Waals surface area contributed by atoms with Crippen molar-refractivity contribution in [2.45, 2.75) is 64.6 Å². The van der Waals surface area contributed by atoms with Crippen molar-refractivity contribution in [3.63, 3.8) is 0 Å². The lowest BCUT2D eigenvalue weighted by Crippen LogP contribution is -2.37. The first-order chi connectivity index (χ1) is 9.70. The van der Waals surface area contributed by atoms with Gasteiger partial charge in [0.2, 0.25) is 10.0 Å². The zero-order chi connectivity index (χ0) is 16.2. The standard InChI is InChI=1S/C15H29N3O2S/c1-7-8-18(13(4)5)21(19,20)15-9-14(17(6)11-15)10-16-12(2)3/h9,11-13,16H,7-8,10H2,1-6H3. The molecule has 1 aromatic rings. The first-order valence-corrected chi connectivity index (χ1v) is 9.04. The summed E-state index contributed by atoms with van der Waals surface area (Å²) in [6.07, 6.45) is 2.52. The molecule has 0 saturated heterocycles. The summed E-state index contributed by atoms with van der Waals surface area (Å²) in [5, 5.41) is 3.32. The third kappa shape index (κ3) is 4.56. The number of sulfonamides is 1. The fourth-order valence-electron chi connectivity index (χ4n) is 2.21. The van der Waals surface area contributed by atoms with Crippen molar-refractivity contribution in [2.24, 2.45) is 7.05 Å². The summed E-state index contributed by atoms with van der Waals surface area (Å²) in [6, 6.07) is 2.11. The molecular weight excluding hydrogens is 286 g/mol. The average molecular weight is 315 g/mol. The predicted molar refractivity (Wildman–Crippen MR) is 86.7 cm³/mol. The van der Waals surface area contributed by atoms with E-state index in [1.54, 1.807) is 16.6 Å². The van der Waals surface area contributed by atoms with Gasteiger partial charge in [-0.3, -0.25) is 0 Å². The van der Waals surface area contributed by atoms with E-state index >= 15 is 0 Å². The Bertz CT molecular complexity index is 547. The molecule has 0 unspecified atom stereocenters. The summed E-state index contributed by atoms with van der Waals surface area (Å²) in [6.45, 7) is 11.2. The van der Waals surface area contributed by atoms with Gasteiger partial charge in [0.05, 0.1) is 0 Å². The van der Waals surface area contributed by atoms with Crippen LogP contribution in [0.5, 0.6) is 0 Å². The van der Waals surface area contributed by atoms with Crippen molar-refractivity contribution in [1.82, 2.24) is 14.2 Å². The molecule has 0 radical (unpaired) electrons. The molecule has 0 fully saturated rings. The molecule has 1 N–H and O–H groups in total. The van der Waals surface area contributed by atoms with Crippen molar-refractivity contribution < 1.29 is 8.42 Å². The van der Waals surface area contributed by atoms with E-state index in [0.717, 1.165) is 12.1 Å². The molecule has 1 aromatic heterocycles. The highest BCUT2D eigenvalue weighted by Crippen LogP contribution is 2.21. The van der Waals surface area contributed by atoms with Crippen LogP contribution in [0.1, 0.15) is 46.7 Å². The number of nitrogens with one attached hydrogen (secondary N) is 1. The van der Waals surface area contributed by atoms with E-state index in [1.165, 1.54) is 0 Å². The number of nitrogens with zero attached hydrogens (tertiary/aromatic N) is 2. The molecule has 0 spiro atoms. The van der Waals surface area contributed by atoms with Crippen LogP contribution in [-0.4, -0.2) is 35.9 Å². The zero-order valence-corrected chi connectivity index (χ0v) is 14.9. The van der Waals surface area contributed by atoms with Gasteiger partial charge < -0.3 is 9.88 Å². The Morgan fingerprint density at radius 2 is 1.90 bits per heavy atom. The fourth-order valence-corrected chi connectivity index (χ4v) is 4.04. The number of aromatic nitrogens is 1. The number of hydrogen-bond acceptors (Lipinski definition) is 3. The fraction of sp³-hybridized carbons (Fsp3) is 0.733. The van der Waals surface area contributed by atoms with Crippen LogP contribution in [0.2, 0.25) is 0 Å². The Hall–Kier alpha value is -0.850. The Morgan fingerprint density at radius 1 is 1.29 bits per heavy atom. The Balaban J connectivity index is 3.06. The number of aryl methyl sites for hydroxylation is 1. The van der Waals surface area contributed by atoms with Crippen molar-refractivity contribution in [2.75, 3.05) is 6.54 Å². The summed E-state index contributed by atoms with van der Waals surface area (Å²) in [5.41, 5.74) is 0.975. The molecule has 0 amide bonds. The lowest BCUT2D eigenvalue weighted by molar-refractivity contribution is 0.354. The van der Waals surface area contributed by atoms with Crippen molar-refractivity contribution >= 4 is 10.0 Å². The van der Waals surface area contributed by atoms with E-state index in [4.69, 9.17) is 0 Å². The lowest BCUT2D eigenvalue weighted by atomic mass is 10.3. The number of hydrogen-bond donors (Lipinski definition) is 1. The maximum Gasteiger partial charge on any atom is 0.244 e. The van der Waals surface area contributed by atoms with Crippen LogP contribution in [-0.2, 0) is 23.6 Å². The summed E-state index contributed by atoms with van der Waals surface area (Å²) < 4.78 is 29.0. The highest BCUT2D eigenvalue weighted by molar-refractivity contribution is 7.89. The van der Waals surface area contributed by atoms with Gasteiger partial charge in [-0.05, 0) is 26.3 Å². The second-order valence-electron chi connectivity index (χ2n) is 6.02. The lowest BCUT2D eigenvalue weighted by Gasteiger charge is -2.24. The molecule has 6 heteroatoms. The molecule has 0 saturated carbocycles. The van der Waals surface area contributed by atoms with E-state index in [1.807, 2.05) is 32.4 Å². The van der Waals surface area contributed by atoms with Crippen LogP contribution < -0.4 is 5.32 Å². The Labute approximate surface area is 129 Å². The molecular formula is C15H29N3O2S. The molecule has 0 aliphatic carbocycles. The zero-order valence-electron chi connectivity index (χ0n) is 14.0. The van der Waals surface area contributed by atoms with Gasteiger partial charge in [-0.2, -0.15) is 4.31 Å². The maximum absolute atomic E-state index is 12.8. The van der Waals surface area contributed by atoms with Gasteiger partial charge in [0, 0.05) is 44.1 Å². The molecule has 0 aliphatic rings.